The second-order valence-corrected chi connectivity index (χ2v) is 5.85. The van der Waals surface area contributed by atoms with Gasteiger partial charge in [-0.2, -0.15) is 0 Å². The third kappa shape index (κ3) is 2.87. The van der Waals surface area contributed by atoms with Gasteiger partial charge in [0.1, 0.15) is 10.6 Å². The van der Waals surface area contributed by atoms with Gasteiger partial charge in [0.25, 0.3) is 11.5 Å². The van der Waals surface area contributed by atoms with E-state index < -0.39 is 5.91 Å². The number of thioether (sulfide) groups is 1. The Morgan fingerprint density at radius 1 is 1.65 bits per heavy atom. The first kappa shape index (κ1) is 15.0. The van der Waals surface area contributed by atoms with Crippen LogP contribution in [0, 0.1) is 0 Å². The average molecular weight is 313 g/mol. The van der Waals surface area contributed by atoms with Crippen LogP contribution in [-0.4, -0.2) is 41.3 Å². The minimum atomic E-state index is -0.419. The predicted octanol–water partition coefficient (Wildman–Crippen LogP) is 1.24. The molecule has 1 unspecified atom stereocenters. The van der Waals surface area contributed by atoms with Crippen LogP contribution in [0.2, 0.25) is 0 Å². The minimum Gasteiger partial charge on any atom is -0.383 e. The molecule has 2 aromatic heterocycles. The second kappa shape index (κ2) is 6.38. The summed E-state index contributed by atoms with van der Waals surface area (Å²) in [4.78, 5) is 29.6. The molecule has 1 N–H and O–H groups in total. The Morgan fingerprint density at radius 2 is 2.40 bits per heavy atom. The zero-order valence-corrected chi connectivity index (χ0v) is 13.0. The topological polar surface area (TPSA) is 72.7 Å². The number of methoxy groups -OCH3 is 1. The first-order chi connectivity index (χ1) is 9.58. The highest BCUT2D eigenvalue weighted by atomic mass is 32.2. The molecular formula is C12H15N3O3S2. The Balaban J connectivity index is 2.44. The molecule has 0 aromatic carbocycles. The summed E-state index contributed by atoms with van der Waals surface area (Å²) in [5.74, 6) is -0.419. The maximum Gasteiger partial charge on any atom is 0.272 e. The summed E-state index contributed by atoms with van der Waals surface area (Å²) in [6.45, 7) is 2.20. The fourth-order valence-electron chi connectivity index (χ4n) is 1.79. The van der Waals surface area contributed by atoms with Crippen molar-refractivity contribution in [1.29, 1.82) is 0 Å². The van der Waals surface area contributed by atoms with E-state index >= 15 is 0 Å². The summed E-state index contributed by atoms with van der Waals surface area (Å²) < 4.78 is 6.36. The fourth-order valence-corrected chi connectivity index (χ4v) is 3.12. The van der Waals surface area contributed by atoms with E-state index in [4.69, 9.17) is 4.74 Å². The maximum atomic E-state index is 12.4. The summed E-state index contributed by atoms with van der Waals surface area (Å²) in [5, 5.41) is 4.95. The van der Waals surface area contributed by atoms with Crippen LogP contribution in [0.1, 0.15) is 17.3 Å². The van der Waals surface area contributed by atoms with Gasteiger partial charge in [-0.25, -0.2) is 4.98 Å². The SMILES string of the molecule is COCC(C)NC(=O)c1c(SC)nc2sccn2c1=O. The quantitative estimate of drug-likeness (QED) is 0.664. The van der Waals surface area contributed by atoms with Crippen molar-refractivity contribution in [3.05, 3.63) is 27.5 Å². The van der Waals surface area contributed by atoms with Crippen LogP contribution in [-0.2, 0) is 4.74 Å². The van der Waals surface area contributed by atoms with Gasteiger partial charge < -0.3 is 10.1 Å². The molecule has 0 bridgehead atoms. The van der Waals surface area contributed by atoms with Gasteiger partial charge in [0.15, 0.2) is 4.96 Å². The van der Waals surface area contributed by atoms with Crippen molar-refractivity contribution in [2.24, 2.45) is 0 Å². The van der Waals surface area contributed by atoms with Crippen molar-refractivity contribution in [2.75, 3.05) is 20.0 Å². The van der Waals surface area contributed by atoms with E-state index in [0.717, 1.165) is 0 Å². The van der Waals surface area contributed by atoms with Gasteiger partial charge in [-0.05, 0) is 13.2 Å². The molecule has 0 saturated heterocycles. The number of hydrogen-bond donors (Lipinski definition) is 1. The highest BCUT2D eigenvalue weighted by molar-refractivity contribution is 7.98. The number of carbonyl (C=O) groups excluding carboxylic acids is 1. The lowest BCUT2D eigenvalue weighted by Gasteiger charge is -2.13. The second-order valence-electron chi connectivity index (χ2n) is 4.19. The summed E-state index contributed by atoms with van der Waals surface area (Å²) in [6.07, 6.45) is 3.41. The Morgan fingerprint density at radius 3 is 3.05 bits per heavy atom. The molecule has 0 radical (unpaired) electrons. The summed E-state index contributed by atoms with van der Waals surface area (Å²) in [6, 6.07) is -0.176. The molecule has 20 heavy (non-hydrogen) atoms. The Hall–Kier alpha value is -1.38. The van der Waals surface area contributed by atoms with Gasteiger partial charge in [0.05, 0.1) is 6.61 Å². The maximum absolute atomic E-state index is 12.4. The van der Waals surface area contributed by atoms with E-state index in [2.05, 4.69) is 10.3 Å². The number of carbonyl (C=O) groups is 1. The van der Waals surface area contributed by atoms with Gasteiger partial charge >= 0.3 is 0 Å². The highest BCUT2D eigenvalue weighted by Crippen LogP contribution is 2.18. The van der Waals surface area contributed by atoms with Crippen LogP contribution in [0.3, 0.4) is 0 Å². The number of rotatable bonds is 5. The molecule has 2 aromatic rings. The molecule has 2 heterocycles. The number of ether oxygens (including phenoxy) is 1. The first-order valence-corrected chi connectivity index (χ1v) is 8.02. The van der Waals surface area contributed by atoms with Crippen LogP contribution in [0.5, 0.6) is 0 Å². The lowest BCUT2D eigenvalue weighted by molar-refractivity contribution is 0.0900. The highest BCUT2D eigenvalue weighted by Gasteiger charge is 2.21. The molecule has 8 heteroatoms. The molecular weight excluding hydrogens is 298 g/mol. The molecule has 0 spiro atoms. The van der Waals surface area contributed by atoms with E-state index in [1.54, 1.807) is 24.9 Å². The number of nitrogens with one attached hydrogen (secondary N) is 1. The molecule has 0 aliphatic carbocycles. The van der Waals surface area contributed by atoms with Crippen LogP contribution in [0.4, 0.5) is 0 Å². The molecule has 2 rings (SSSR count). The Bertz CT molecular complexity index is 680. The summed E-state index contributed by atoms with van der Waals surface area (Å²) in [7, 11) is 1.56. The molecule has 0 aliphatic heterocycles. The summed E-state index contributed by atoms with van der Waals surface area (Å²) >= 11 is 2.65. The fraction of sp³-hybridized carbons (Fsp3) is 0.417. The number of aromatic nitrogens is 2. The van der Waals surface area contributed by atoms with Crippen LogP contribution in [0.25, 0.3) is 4.96 Å². The predicted molar refractivity (Wildman–Crippen MR) is 79.9 cm³/mol. The molecule has 0 aliphatic rings. The number of thiazole rings is 1. The van der Waals surface area contributed by atoms with E-state index in [1.165, 1.54) is 27.5 Å². The van der Waals surface area contributed by atoms with Crippen molar-refractivity contribution in [1.82, 2.24) is 14.7 Å². The number of hydrogen-bond acceptors (Lipinski definition) is 6. The van der Waals surface area contributed by atoms with Crippen molar-refractivity contribution in [3.8, 4) is 0 Å². The largest absolute Gasteiger partial charge is 0.383 e. The van der Waals surface area contributed by atoms with Crippen LogP contribution < -0.4 is 10.9 Å². The van der Waals surface area contributed by atoms with Crippen LogP contribution in [0.15, 0.2) is 21.4 Å². The number of fused-ring (bicyclic) bond motifs is 1. The third-order valence-corrected chi connectivity index (χ3v) is 4.09. The van der Waals surface area contributed by atoms with E-state index in [1.807, 2.05) is 6.92 Å². The van der Waals surface area contributed by atoms with E-state index in [-0.39, 0.29) is 17.2 Å². The lowest BCUT2D eigenvalue weighted by Crippen LogP contribution is -2.39. The first-order valence-electron chi connectivity index (χ1n) is 5.92. The average Bonchev–Trinajstić information content (AvgIpc) is 2.86. The third-order valence-electron chi connectivity index (χ3n) is 2.65. The molecule has 6 nitrogen and oxygen atoms in total. The Kier molecular flexibility index (Phi) is 4.79. The van der Waals surface area contributed by atoms with E-state index in [0.29, 0.717) is 16.6 Å². The molecule has 0 fully saturated rings. The zero-order chi connectivity index (χ0) is 14.7. The standard InChI is InChI=1S/C12H15N3O3S2/c1-7(6-18-2)13-9(16)8-10(19-3)14-12-15(11(8)17)4-5-20-12/h4-5,7H,6H2,1-3H3,(H,13,16). The monoisotopic (exact) mass is 313 g/mol. The van der Waals surface area contributed by atoms with Crippen molar-refractivity contribution in [3.63, 3.8) is 0 Å². The lowest BCUT2D eigenvalue weighted by atomic mass is 10.2. The summed E-state index contributed by atoms with van der Waals surface area (Å²) in [5.41, 5.74) is -0.265. The smallest absolute Gasteiger partial charge is 0.272 e. The van der Waals surface area contributed by atoms with Gasteiger partial charge in [-0.15, -0.1) is 23.1 Å². The van der Waals surface area contributed by atoms with Crippen LogP contribution >= 0.6 is 23.1 Å². The number of amides is 1. The van der Waals surface area contributed by atoms with Crippen molar-refractivity contribution < 1.29 is 9.53 Å². The van der Waals surface area contributed by atoms with Gasteiger partial charge in [-0.3, -0.25) is 14.0 Å². The number of nitrogens with zero attached hydrogens (tertiary/aromatic N) is 2. The van der Waals surface area contributed by atoms with Crippen molar-refractivity contribution >= 4 is 34.0 Å². The molecule has 1 atom stereocenters. The van der Waals surface area contributed by atoms with Gasteiger partial charge in [-0.1, -0.05) is 0 Å². The minimum absolute atomic E-state index is 0.0800. The van der Waals surface area contributed by atoms with Gasteiger partial charge in [0, 0.05) is 24.7 Å². The molecule has 108 valence electrons. The molecule has 0 saturated carbocycles. The molecule has 1 amide bonds. The Labute approximate surface area is 124 Å². The normalized spacial score (nSPS) is 12.6. The van der Waals surface area contributed by atoms with Gasteiger partial charge in [0.2, 0.25) is 0 Å². The van der Waals surface area contributed by atoms with Crippen molar-refractivity contribution in [2.45, 2.75) is 18.0 Å². The zero-order valence-electron chi connectivity index (χ0n) is 11.4. The van der Waals surface area contributed by atoms with E-state index in [9.17, 15) is 9.59 Å².